The van der Waals surface area contributed by atoms with Crippen molar-refractivity contribution >= 4 is 34.8 Å². The SMILES string of the molecule is Cc1ccc(NC(=O)COc2ccccc2C2C3=C(CCCC3=O)NC3=C2C(=O)CCC3)cc1Cl. The zero-order valence-electron chi connectivity index (χ0n) is 19.6. The van der Waals surface area contributed by atoms with Crippen molar-refractivity contribution in [2.45, 2.75) is 51.4 Å². The molecule has 0 fully saturated rings. The first-order valence-electron chi connectivity index (χ1n) is 12.0. The van der Waals surface area contributed by atoms with Gasteiger partial charge in [0.1, 0.15) is 5.75 Å². The van der Waals surface area contributed by atoms with Gasteiger partial charge in [0.25, 0.3) is 5.91 Å². The molecular formula is C28H27ClN2O4. The molecular weight excluding hydrogens is 464 g/mol. The number of halogens is 1. The Labute approximate surface area is 209 Å². The number of benzene rings is 2. The predicted molar refractivity (Wildman–Crippen MR) is 134 cm³/mol. The first-order chi connectivity index (χ1) is 16.9. The Bertz CT molecular complexity index is 1250. The quantitative estimate of drug-likeness (QED) is 0.588. The molecule has 2 N–H and O–H groups in total. The molecule has 2 aromatic rings. The van der Waals surface area contributed by atoms with E-state index in [4.69, 9.17) is 16.3 Å². The third-order valence-corrected chi connectivity index (χ3v) is 7.24. The molecule has 1 amide bonds. The van der Waals surface area contributed by atoms with Crippen molar-refractivity contribution in [1.82, 2.24) is 5.32 Å². The third kappa shape index (κ3) is 4.63. The van der Waals surface area contributed by atoms with Crippen molar-refractivity contribution in [2.24, 2.45) is 0 Å². The van der Waals surface area contributed by atoms with E-state index in [1.165, 1.54) is 0 Å². The second-order valence-electron chi connectivity index (χ2n) is 9.23. The minimum Gasteiger partial charge on any atom is -0.483 e. The molecule has 0 saturated heterocycles. The standard InChI is InChI=1S/C28H27ClN2O4/c1-16-12-13-17(14-19(16)29)30-25(34)15-35-24-11-3-2-6-18(24)26-27-20(7-4-9-22(27)32)31-21-8-5-10-23(33)28(21)26/h2-3,6,11-14,26,31H,4-5,7-10,15H2,1H3,(H,30,34). The van der Waals surface area contributed by atoms with Gasteiger partial charge in [-0.25, -0.2) is 0 Å². The second kappa shape index (κ2) is 9.70. The van der Waals surface area contributed by atoms with Gasteiger partial charge in [0, 0.05) is 57.6 Å². The van der Waals surface area contributed by atoms with Crippen molar-refractivity contribution in [3.05, 3.63) is 81.2 Å². The molecule has 5 rings (SSSR count). The summed E-state index contributed by atoms with van der Waals surface area (Å²) in [6.45, 7) is 1.68. The Morgan fingerprint density at radius 1 is 1.00 bits per heavy atom. The number of nitrogens with one attached hydrogen (secondary N) is 2. The number of anilines is 1. The maximum absolute atomic E-state index is 13.1. The lowest BCUT2D eigenvalue weighted by molar-refractivity contribution is -0.119. The van der Waals surface area contributed by atoms with Crippen LogP contribution in [0.2, 0.25) is 5.02 Å². The van der Waals surface area contributed by atoms with Crippen LogP contribution in [0, 0.1) is 6.92 Å². The highest BCUT2D eigenvalue weighted by molar-refractivity contribution is 6.31. The van der Waals surface area contributed by atoms with Crippen LogP contribution in [0.1, 0.15) is 55.6 Å². The van der Waals surface area contributed by atoms with Crippen LogP contribution in [0.3, 0.4) is 0 Å². The number of carbonyl (C=O) groups is 3. The zero-order chi connectivity index (χ0) is 24.5. The van der Waals surface area contributed by atoms with E-state index in [2.05, 4.69) is 10.6 Å². The third-order valence-electron chi connectivity index (χ3n) is 6.84. The first kappa shape index (κ1) is 23.4. The summed E-state index contributed by atoms with van der Waals surface area (Å²) in [7, 11) is 0. The van der Waals surface area contributed by atoms with E-state index in [1.807, 2.05) is 31.2 Å². The van der Waals surface area contributed by atoms with E-state index >= 15 is 0 Å². The molecule has 0 atom stereocenters. The summed E-state index contributed by atoms with van der Waals surface area (Å²) in [5.41, 5.74) is 5.43. The van der Waals surface area contributed by atoms with E-state index in [0.29, 0.717) is 40.4 Å². The molecule has 6 nitrogen and oxygen atoms in total. The topological polar surface area (TPSA) is 84.5 Å². The maximum atomic E-state index is 13.1. The highest BCUT2D eigenvalue weighted by atomic mass is 35.5. The largest absolute Gasteiger partial charge is 0.483 e. The van der Waals surface area contributed by atoms with Gasteiger partial charge in [0.15, 0.2) is 18.2 Å². The van der Waals surface area contributed by atoms with Crippen molar-refractivity contribution in [2.75, 3.05) is 11.9 Å². The molecule has 0 bridgehead atoms. The second-order valence-corrected chi connectivity index (χ2v) is 9.64. The Hall–Kier alpha value is -3.38. The summed E-state index contributed by atoms with van der Waals surface area (Å²) < 4.78 is 5.98. The number of rotatable bonds is 5. The van der Waals surface area contributed by atoms with Crippen LogP contribution in [-0.2, 0) is 14.4 Å². The van der Waals surface area contributed by atoms with Crippen molar-refractivity contribution in [3.8, 4) is 5.75 Å². The van der Waals surface area contributed by atoms with E-state index in [0.717, 1.165) is 48.2 Å². The summed E-state index contributed by atoms with van der Waals surface area (Å²) >= 11 is 6.16. The summed E-state index contributed by atoms with van der Waals surface area (Å²) in [5, 5.41) is 6.80. The molecule has 1 aliphatic heterocycles. The van der Waals surface area contributed by atoms with E-state index in [1.54, 1.807) is 18.2 Å². The lowest BCUT2D eigenvalue weighted by atomic mass is 9.71. The van der Waals surface area contributed by atoms with E-state index in [-0.39, 0.29) is 24.1 Å². The van der Waals surface area contributed by atoms with Gasteiger partial charge >= 0.3 is 0 Å². The summed E-state index contributed by atoms with van der Waals surface area (Å²) in [6, 6.07) is 12.7. The number of Topliss-reactive ketones (excluding diaryl/α,β-unsaturated/α-hetero) is 2. The highest BCUT2D eigenvalue weighted by Gasteiger charge is 2.41. The number of hydrogen-bond donors (Lipinski definition) is 2. The number of ether oxygens (including phenoxy) is 1. The number of allylic oxidation sites excluding steroid dienone is 4. The van der Waals surface area contributed by atoms with Gasteiger partial charge in [-0.2, -0.15) is 0 Å². The molecule has 0 radical (unpaired) electrons. The first-order valence-corrected chi connectivity index (χ1v) is 12.4. The molecule has 2 aromatic carbocycles. The van der Waals surface area contributed by atoms with E-state index < -0.39 is 5.92 Å². The normalized spacial score (nSPS) is 18.1. The average molecular weight is 491 g/mol. The molecule has 2 aliphatic carbocycles. The van der Waals surface area contributed by atoms with Crippen LogP contribution in [0.15, 0.2) is 65.0 Å². The van der Waals surface area contributed by atoms with E-state index in [9.17, 15) is 14.4 Å². The van der Waals surface area contributed by atoms with Crippen LogP contribution >= 0.6 is 11.6 Å². The molecule has 0 aromatic heterocycles. The summed E-state index contributed by atoms with van der Waals surface area (Å²) in [4.78, 5) is 38.8. The Balaban J connectivity index is 1.44. The van der Waals surface area contributed by atoms with Crippen molar-refractivity contribution in [3.63, 3.8) is 0 Å². The lowest BCUT2D eigenvalue weighted by Crippen LogP contribution is -2.36. The fourth-order valence-corrected chi connectivity index (χ4v) is 5.34. The minimum absolute atomic E-state index is 0.0671. The Morgan fingerprint density at radius 2 is 1.66 bits per heavy atom. The van der Waals surface area contributed by atoms with Gasteiger partial charge in [-0.1, -0.05) is 35.9 Å². The lowest BCUT2D eigenvalue weighted by Gasteiger charge is -2.37. The van der Waals surface area contributed by atoms with Gasteiger partial charge in [-0.3, -0.25) is 14.4 Å². The number of ketones is 2. The molecule has 35 heavy (non-hydrogen) atoms. The summed E-state index contributed by atoms with van der Waals surface area (Å²) in [5.74, 6) is -0.175. The van der Waals surface area contributed by atoms with Crippen LogP contribution in [-0.4, -0.2) is 24.1 Å². The van der Waals surface area contributed by atoms with Crippen LogP contribution in [0.4, 0.5) is 5.69 Å². The van der Waals surface area contributed by atoms with Crippen LogP contribution in [0.25, 0.3) is 0 Å². The Morgan fingerprint density at radius 3 is 2.31 bits per heavy atom. The van der Waals surface area contributed by atoms with Crippen LogP contribution < -0.4 is 15.4 Å². The number of amides is 1. The Kier molecular flexibility index (Phi) is 6.48. The van der Waals surface area contributed by atoms with Gasteiger partial charge in [-0.05, 0) is 56.4 Å². The minimum atomic E-state index is -0.475. The van der Waals surface area contributed by atoms with Crippen molar-refractivity contribution in [1.29, 1.82) is 0 Å². The number of hydrogen-bond acceptors (Lipinski definition) is 5. The molecule has 0 unspecified atom stereocenters. The van der Waals surface area contributed by atoms with Gasteiger partial charge in [0.05, 0.1) is 0 Å². The van der Waals surface area contributed by atoms with Crippen molar-refractivity contribution < 1.29 is 19.1 Å². The van der Waals surface area contributed by atoms with Crippen LogP contribution in [0.5, 0.6) is 5.75 Å². The fourth-order valence-electron chi connectivity index (χ4n) is 5.16. The van der Waals surface area contributed by atoms with Gasteiger partial charge in [0.2, 0.25) is 0 Å². The molecule has 180 valence electrons. The number of para-hydroxylation sites is 1. The summed E-state index contributed by atoms with van der Waals surface area (Å²) in [6.07, 6.45) is 4.11. The average Bonchev–Trinajstić information content (AvgIpc) is 2.84. The predicted octanol–water partition coefficient (Wildman–Crippen LogP) is 5.37. The smallest absolute Gasteiger partial charge is 0.262 e. The highest BCUT2D eigenvalue weighted by Crippen LogP contribution is 2.47. The van der Waals surface area contributed by atoms with Gasteiger partial charge in [-0.15, -0.1) is 0 Å². The zero-order valence-corrected chi connectivity index (χ0v) is 20.3. The number of carbonyl (C=O) groups excluding carboxylic acids is 3. The molecule has 0 spiro atoms. The van der Waals surface area contributed by atoms with Gasteiger partial charge < -0.3 is 15.4 Å². The fraction of sp³-hybridized carbons (Fsp3) is 0.321. The molecule has 1 heterocycles. The molecule has 3 aliphatic rings. The number of aryl methyl sites for hydroxylation is 1. The number of dihydropyridines is 1. The molecule has 7 heteroatoms. The monoisotopic (exact) mass is 490 g/mol. The maximum Gasteiger partial charge on any atom is 0.262 e. The molecule has 0 saturated carbocycles.